The molecule has 3 rings (SSSR count). The van der Waals surface area contributed by atoms with Gasteiger partial charge in [-0.15, -0.1) is 0 Å². The molecule has 0 aliphatic carbocycles. The zero-order valence-corrected chi connectivity index (χ0v) is 9.73. The molecule has 18 heavy (non-hydrogen) atoms. The molecule has 0 spiro atoms. The average Bonchev–Trinajstić information content (AvgIpc) is 2.71. The van der Waals surface area contributed by atoms with Crippen LogP contribution in [-0.2, 0) is 0 Å². The van der Waals surface area contributed by atoms with Crippen LogP contribution < -0.4 is 10.4 Å². The van der Waals surface area contributed by atoms with E-state index in [0.29, 0.717) is 16.9 Å². The molecular formula is C13H11N3O2. The normalized spacial score (nSPS) is 10.7. The number of aryl methyl sites for hydroxylation is 1. The largest absolute Gasteiger partial charge is 0.455 e. The van der Waals surface area contributed by atoms with Crippen molar-refractivity contribution in [3.63, 3.8) is 0 Å². The lowest BCUT2D eigenvalue weighted by molar-refractivity contribution is 0.477. The Hall–Kier alpha value is -2.56. The fourth-order valence-corrected chi connectivity index (χ4v) is 1.76. The maximum Gasteiger partial charge on any atom is 0.325 e. The number of fused-ring (bicyclic) bond motifs is 1. The molecule has 5 nitrogen and oxygen atoms in total. The molecular weight excluding hydrogens is 230 g/mol. The molecule has 0 aliphatic heterocycles. The molecule has 0 fully saturated rings. The van der Waals surface area contributed by atoms with Crippen molar-refractivity contribution in [2.75, 3.05) is 0 Å². The maximum absolute atomic E-state index is 11.1. The van der Waals surface area contributed by atoms with Crippen molar-refractivity contribution in [2.24, 2.45) is 0 Å². The molecule has 0 radical (unpaired) electrons. The fraction of sp³-hybridized carbons (Fsp3) is 0.0769. The standard InChI is InChI=1S/C13H11N3O2/c1-8-4-2-3-5-11(8)18-9-6-10-12(14-7-9)16-13(17)15-10/h2-7H,1H3,(H2,14,15,16,17). The summed E-state index contributed by atoms with van der Waals surface area (Å²) in [7, 11) is 0. The Labute approximate surface area is 102 Å². The van der Waals surface area contributed by atoms with Crippen molar-refractivity contribution < 1.29 is 4.74 Å². The molecule has 3 aromatic rings. The van der Waals surface area contributed by atoms with Gasteiger partial charge in [0, 0.05) is 6.07 Å². The zero-order chi connectivity index (χ0) is 12.5. The van der Waals surface area contributed by atoms with Gasteiger partial charge in [0.05, 0.1) is 11.7 Å². The molecule has 0 unspecified atom stereocenters. The van der Waals surface area contributed by atoms with Gasteiger partial charge < -0.3 is 9.72 Å². The minimum Gasteiger partial charge on any atom is -0.455 e. The number of H-pyrrole nitrogens is 2. The summed E-state index contributed by atoms with van der Waals surface area (Å²) in [4.78, 5) is 20.5. The van der Waals surface area contributed by atoms with Crippen LogP contribution in [-0.4, -0.2) is 15.0 Å². The molecule has 5 heteroatoms. The SMILES string of the molecule is Cc1ccccc1Oc1cnc2[nH]c(=O)[nH]c2c1. The Morgan fingerprint density at radius 1 is 1.22 bits per heavy atom. The highest BCUT2D eigenvalue weighted by Crippen LogP contribution is 2.25. The van der Waals surface area contributed by atoms with E-state index in [4.69, 9.17) is 4.74 Å². The quantitative estimate of drug-likeness (QED) is 0.723. The highest BCUT2D eigenvalue weighted by atomic mass is 16.5. The summed E-state index contributed by atoms with van der Waals surface area (Å²) in [6.07, 6.45) is 1.58. The molecule has 0 saturated carbocycles. The second-order valence-corrected chi connectivity index (χ2v) is 4.01. The van der Waals surface area contributed by atoms with Crippen molar-refractivity contribution >= 4 is 11.2 Å². The molecule has 0 bridgehead atoms. The summed E-state index contributed by atoms with van der Waals surface area (Å²) in [5, 5.41) is 0. The maximum atomic E-state index is 11.1. The number of hydrogen-bond acceptors (Lipinski definition) is 3. The van der Waals surface area contributed by atoms with Crippen LogP contribution in [0.3, 0.4) is 0 Å². The molecule has 90 valence electrons. The monoisotopic (exact) mass is 241 g/mol. The third kappa shape index (κ3) is 1.86. The van der Waals surface area contributed by atoms with Crippen molar-refractivity contribution in [3.05, 3.63) is 52.6 Å². The molecule has 2 aromatic heterocycles. The van der Waals surface area contributed by atoms with Gasteiger partial charge in [0.2, 0.25) is 0 Å². The van der Waals surface area contributed by atoms with Crippen LogP contribution in [0, 0.1) is 6.92 Å². The van der Waals surface area contributed by atoms with Gasteiger partial charge in [-0.1, -0.05) is 18.2 Å². The number of aromatic nitrogens is 3. The van der Waals surface area contributed by atoms with Gasteiger partial charge in [0.25, 0.3) is 0 Å². The lowest BCUT2D eigenvalue weighted by Gasteiger charge is -2.07. The Morgan fingerprint density at radius 2 is 2.06 bits per heavy atom. The van der Waals surface area contributed by atoms with Crippen LogP contribution in [0.25, 0.3) is 11.2 Å². The van der Waals surface area contributed by atoms with E-state index >= 15 is 0 Å². The number of nitrogens with zero attached hydrogens (tertiary/aromatic N) is 1. The topological polar surface area (TPSA) is 70.8 Å². The lowest BCUT2D eigenvalue weighted by atomic mass is 10.2. The highest BCUT2D eigenvalue weighted by molar-refractivity contribution is 5.71. The first-order chi connectivity index (χ1) is 8.72. The third-order valence-electron chi connectivity index (χ3n) is 2.66. The summed E-state index contributed by atoms with van der Waals surface area (Å²) in [5.41, 5.74) is 1.92. The van der Waals surface area contributed by atoms with Crippen LogP contribution in [0.4, 0.5) is 0 Å². The van der Waals surface area contributed by atoms with Crippen LogP contribution in [0.1, 0.15) is 5.56 Å². The minimum atomic E-state index is -0.273. The van der Waals surface area contributed by atoms with E-state index in [0.717, 1.165) is 11.3 Å². The summed E-state index contributed by atoms with van der Waals surface area (Å²) >= 11 is 0. The zero-order valence-electron chi connectivity index (χ0n) is 9.73. The summed E-state index contributed by atoms with van der Waals surface area (Å²) in [6.45, 7) is 1.97. The number of imidazole rings is 1. The number of pyridine rings is 1. The molecule has 1 aromatic carbocycles. The number of para-hydroxylation sites is 1. The molecule has 0 amide bonds. The molecule has 0 aliphatic rings. The highest BCUT2D eigenvalue weighted by Gasteiger charge is 2.04. The van der Waals surface area contributed by atoms with Crippen LogP contribution in [0.15, 0.2) is 41.3 Å². The Kier molecular flexibility index (Phi) is 2.37. The number of aromatic amines is 2. The van der Waals surface area contributed by atoms with Gasteiger partial charge in [-0.3, -0.25) is 4.98 Å². The van der Waals surface area contributed by atoms with E-state index in [1.807, 2.05) is 31.2 Å². The summed E-state index contributed by atoms with van der Waals surface area (Å²) in [5.74, 6) is 1.36. The first kappa shape index (κ1) is 10.6. The van der Waals surface area contributed by atoms with Crippen molar-refractivity contribution in [1.82, 2.24) is 15.0 Å². The van der Waals surface area contributed by atoms with Gasteiger partial charge in [-0.25, -0.2) is 9.78 Å². The second-order valence-electron chi connectivity index (χ2n) is 4.01. The number of hydrogen-bond donors (Lipinski definition) is 2. The summed E-state index contributed by atoms with van der Waals surface area (Å²) < 4.78 is 5.73. The Bertz CT molecular complexity index is 758. The van der Waals surface area contributed by atoms with Gasteiger partial charge in [-0.2, -0.15) is 0 Å². The van der Waals surface area contributed by atoms with Crippen LogP contribution in [0.5, 0.6) is 11.5 Å². The Morgan fingerprint density at radius 3 is 2.89 bits per heavy atom. The Balaban J connectivity index is 2.00. The minimum absolute atomic E-state index is 0.273. The van der Waals surface area contributed by atoms with Gasteiger partial charge in [0.15, 0.2) is 5.65 Å². The van der Waals surface area contributed by atoms with E-state index in [1.165, 1.54) is 0 Å². The molecule has 2 heterocycles. The molecule has 0 atom stereocenters. The predicted molar refractivity (Wildman–Crippen MR) is 68.0 cm³/mol. The lowest BCUT2D eigenvalue weighted by Crippen LogP contribution is -1.99. The molecule has 0 saturated heterocycles. The summed E-state index contributed by atoms with van der Waals surface area (Å²) in [6, 6.07) is 9.46. The van der Waals surface area contributed by atoms with E-state index in [2.05, 4.69) is 15.0 Å². The van der Waals surface area contributed by atoms with Crippen molar-refractivity contribution in [3.8, 4) is 11.5 Å². The van der Waals surface area contributed by atoms with Gasteiger partial charge >= 0.3 is 5.69 Å². The average molecular weight is 241 g/mol. The first-order valence-corrected chi connectivity index (χ1v) is 5.54. The van der Waals surface area contributed by atoms with E-state index in [1.54, 1.807) is 12.3 Å². The van der Waals surface area contributed by atoms with E-state index in [9.17, 15) is 4.79 Å². The van der Waals surface area contributed by atoms with Crippen LogP contribution >= 0.6 is 0 Å². The number of nitrogens with one attached hydrogen (secondary N) is 2. The second kappa shape index (κ2) is 4.03. The fourth-order valence-electron chi connectivity index (χ4n) is 1.76. The van der Waals surface area contributed by atoms with Crippen LogP contribution in [0.2, 0.25) is 0 Å². The van der Waals surface area contributed by atoms with E-state index in [-0.39, 0.29) is 5.69 Å². The molecule has 2 N–H and O–H groups in total. The van der Waals surface area contributed by atoms with Gasteiger partial charge in [0.1, 0.15) is 11.5 Å². The van der Waals surface area contributed by atoms with Crippen molar-refractivity contribution in [1.29, 1.82) is 0 Å². The predicted octanol–water partition coefficient (Wildman–Crippen LogP) is 2.35. The van der Waals surface area contributed by atoms with E-state index < -0.39 is 0 Å². The number of ether oxygens (including phenoxy) is 1. The smallest absolute Gasteiger partial charge is 0.325 e. The van der Waals surface area contributed by atoms with Gasteiger partial charge in [-0.05, 0) is 18.6 Å². The number of benzene rings is 1. The number of rotatable bonds is 2. The third-order valence-corrected chi connectivity index (χ3v) is 2.66. The van der Waals surface area contributed by atoms with Crippen molar-refractivity contribution in [2.45, 2.75) is 6.92 Å². The first-order valence-electron chi connectivity index (χ1n) is 5.54.